The van der Waals surface area contributed by atoms with Crippen molar-refractivity contribution in [2.24, 2.45) is 5.92 Å². The minimum atomic E-state index is 0.563. The van der Waals surface area contributed by atoms with E-state index in [1.807, 2.05) is 0 Å². The van der Waals surface area contributed by atoms with E-state index in [0.29, 0.717) is 6.04 Å². The predicted molar refractivity (Wildman–Crippen MR) is 91.2 cm³/mol. The van der Waals surface area contributed by atoms with Crippen LogP contribution in [0.3, 0.4) is 0 Å². The van der Waals surface area contributed by atoms with Crippen LogP contribution in [-0.4, -0.2) is 44.2 Å². The average molecular weight is 287 g/mol. The first-order valence-corrected chi connectivity index (χ1v) is 8.52. The molecule has 0 spiro atoms. The highest BCUT2D eigenvalue weighted by molar-refractivity contribution is 5.58. The van der Waals surface area contributed by atoms with Crippen molar-refractivity contribution < 1.29 is 0 Å². The second kappa shape index (κ2) is 6.69. The Morgan fingerprint density at radius 3 is 2.52 bits per heavy atom. The Labute approximate surface area is 129 Å². The standard InChI is InChI=1S/C18H29N3/c1-15(16-8-12-20(2)13-9-16)19-17-6-5-7-18(14-17)21-10-3-4-11-21/h5-7,14-16,19H,3-4,8-13H2,1-2H3. The Kier molecular flexibility index (Phi) is 4.69. The van der Waals surface area contributed by atoms with Gasteiger partial charge in [0.1, 0.15) is 0 Å². The fourth-order valence-electron chi connectivity index (χ4n) is 3.68. The van der Waals surface area contributed by atoms with E-state index < -0.39 is 0 Å². The molecule has 2 aliphatic heterocycles. The van der Waals surface area contributed by atoms with Crippen LogP contribution >= 0.6 is 0 Å². The lowest BCUT2D eigenvalue weighted by Crippen LogP contribution is -2.37. The minimum absolute atomic E-state index is 0.563. The zero-order chi connectivity index (χ0) is 14.7. The fourth-order valence-corrected chi connectivity index (χ4v) is 3.68. The molecule has 3 rings (SSSR count). The van der Waals surface area contributed by atoms with Gasteiger partial charge in [0.15, 0.2) is 0 Å². The third kappa shape index (κ3) is 3.70. The summed E-state index contributed by atoms with van der Waals surface area (Å²) in [7, 11) is 2.23. The van der Waals surface area contributed by atoms with Gasteiger partial charge in [-0.15, -0.1) is 0 Å². The topological polar surface area (TPSA) is 18.5 Å². The smallest absolute Gasteiger partial charge is 0.0386 e. The highest BCUT2D eigenvalue weighted by Gasteiger charge is 2.22. The van der Waals surface area contributed by atoms with Gasteiger partial charge in [-0.25, -0.2) is 0 Å². The van der Waals surface area contributed by atoms with Crippen LogP contribution < -0.4 is 10.2 Å². The quantitative estimate of drug-likeness (QED) is 0.915. The summed E-state index contributed by atoms with van der Waals surface area (Å²) in [5.74, 6) is 0.802. The van der Waals surface area contributed by atoms with Crippen molar-refractivity contribution >= 4 is 11.4 Å². The van der Waals surface area contributed by atoms with Gasteiger partial charge in [0.05, 0.1) is 0 Å². The number of piperidine rings is 1. The Hall–Kier alpha value is -1.22. The van der Waals surface area contributed by atoms with Crippen LogP contribution in [0.4, 0.5) is 11.4 Å². The van der Waals surface area contributed by atoms with Crippen molar-refractivity contribution in [1.82, 2.24) is 4.90 Å². The molecule has 2 fully saturated rings. The van der Waals surface area contributed by atoms with E-state index in [2.05, 4.69) is 53.4 Å². The summed E-state index contributed by atoms with van der Waals surface area (Å²) in [6.07, 6.45) is 5.31. The monoisotopic (exact) mass is 287 g/mol. The van der Waals surface area contributed by atoms with Gasteiger partial charge in [-0.2, -0.15) is 0 Å². The number of anilines is 2. The van der Waals surface area contributed by atoms with Crippen molar-refractivity contribution in [1.29, 1.82) is 0 Å². The number of rotatable bonds is 4. The molecule has 116 valence electrons. The van der Waals surface area contributed by atoms with Crippen LogP contribution in [0, 0.1) is 5.92 Å². The summed E-state index contributed by atoms with van der Waals surface area (Å²) in [4.78, 5) is 4.95. The molecule has 1 aromatic rings. The van der Waals surface area contributed by atoms with Crippen LogP contribution in [0.15, 0.2) is 24.3 Å². The highest BCUT2D eigenvalue weighted by atomic mass is 15.1. The molecule has 2 aliphatic rings. The van der Waals surface area contributed by atoms with Gasteiger partial charge in [0, 0.05) is 30.5 Å². The maximum absolute atomic E-state index is 3.75. The fraction of sp³-hybridized carbons (Fsp3) is 0.667. The summed E-state index contributed by atoms with van der Waals surface area (Å²) < 4.78 is 0. The Morgan fingerprint density at radius 1 is 1.10 bits per heavy atom. The molecular weight excluding hydrogens is 258 g/mol. The zero-order valence-corrected chi connectivity index (χ0v) is 13.5. The second-order valence-corrected chi connectivity index (χ2v) is 6.82. The first-order valence-electron chi connectivity index (χ1n) is 8.52. The van der Waals surface area contributed by atoms with Crippen LogP contribution in [0.2, 0.25) is 0 Å². The molecule has 1 aromatic carbocycles. The summed E-state index contributed by atoms with van der Waals surface area (Å²) >= 11 is 0. The van der Waals surface area contributed by atoms with Crippen LogP contribution in [0.25, 0.3) is 0 Å². The van der Waals surface area contributed by atoms with E-state index in [1.54, 1.807) is 0 Å². The number of benzene rings is 1. The summed E-state index contributed by atoms with van der Waals surface area (Å²) in [6, 6.07) is 9.54. The third-order valence-corrected chi connectivity index (χ3v) is 5.18. The van der Waals surface area contributed by atoms with Gasteiger partial charge in [0.2, 0.25) is 0 Å². The number of nitrogens with zero attached hydrogens (tertiary/aromatic N) is 2. The first kappa shape index (κ1) is 14.7. The summed E-state index contributed by atoms with van der Waals surface area (Å²) in [6.45, 7) is 7.26. The van der Waals surface area contributed by atoms with Crippen molar-refractivity contribution in [3.63, 3.8) is 0 Å². The highest BCUT2D eigenvalue weighted by Crippen LogP contribution is 2.26. The Morgan fingerprint density at radius 2 is 1.81 bits per heavy atom. The largest absolute Gasteiger partial charge is 0.382 e. The number of hydrogen-bond acceptors (Lipinski definition) is 3. The molecule has 2 heterocycles. The SMILES string of the molecule is CC(Nc1cccc(N2CCCC2)c1)C1CCN(C)CC1. The summed E-state index contributed by atoms with van der Waals surface area (Å²) in [5, 5.41) is 3.75. The van der Waals surface area contributed by atoms with Gasteiger partial charge in [-0.05, 0) is 76.9 Å². The van der Waals surface area contributed by atoms with E-state index in [1.165, 1.54) is 63.2 Å². The second-order valence-electron chi connectivity index (χ2n) is 6.82. The lowest BCUT2D eigenvalue weighted by atomic mass is 9.90. The number of likely N-dealkylation sites (tertiary alicyclic amines) is 1. The van der Waals surface area contributed by atoms with Crippen molar-refractivity contribution in [2.45, 2.75) is 38.6 Å². The van der Waals surface area contributed by atoms with E-state index in [9.17, 15) is 0 Å². The molecule has 21 heavy (non-hydrogen) atoms. The lowest BCUT2D eigenvalue weighted by Gasteiger charge is -2.33. The zero-order valence-electron chi connectivity index (χ0n) is 13.5. The number of nitrogens with one attached hydrogen (secondary N) is 1. The van der Waals surface area contributed by atoms with Gasteiger partial charge in [-0.3, -0.25) is 0 Å². The van der Waals surface area contributed by atoms with Crippen molar-refractivity contribution in [3.05, 3.63) is 24.3 Å². The summed E-state index contributed by atoms with van der Waals surface area (Å²) in [5.41, 5.74) is 2.67. The van der Waals surface area contributed by atoms with E-state index in [-0.39, 0.29) is 0 Å². The molecule has 3 nitrogen and oxygen atoms in total. The van der Waals surface area contributed by atoms with Crippen molar-refractivity contribution in [3.8, 4) is 0 Å². The molecule has 1 unspecified atom stereocenters. The van der Waals surface area contributed by atoms with Gasteiger partial charge in [-0.1, -0.05) is 6.07 Å². The minimum Gasteiger partial charge on any atom is -0.382 e. The number of hydrogen-bond donors (Lipinski definition) is 1. The molecule has 0 saturated carbocycles. The molecule has 0 amide bonds. The predicted octanol–water partition coefficient (Wildman–Crippen LogP) is 3.43. The van der Waals surface area contributed by atoms with Crippen molar-refractivity contribution in [2.75, 3.05) is 43.4 Å². The lowest BCUT2D eigenvalue weighted by molar-refractivity contribution is 0.208. The third-order valence-electron chi connectivity index (χ3n) is 5.18. The molecule has 1 atom stereocenters. The van der Waals surface area contributed by atoms with E-state index >= 15 is 0 Å². The molecule has 0 aliphatic carbocycles. The van der Waals surface area contributed by atoms with Gasteiger partial charge < -0.3 is 15.1 Å². The molecule has 0 aromatic heterocycles. The molecule has 3 heteroatoms. The molecular formula is C18H29N3. The van der Waals surface area contributed by atoms with Crippen LogP contribution in [0.5, 0.6) is 0 Å². The first-order chi connectivity index (χ1) is 10.2. The molecule has 2 saturated heterocycles. The van der Waals surface area contributed by atoms with Gasteiger partial charge >= 0.3 is 0 Å². The van der Waals surface area contributed by atoms with Crippen LogP contribution in [0.1, 0.15) is 32.6 Å². The Balaban J connectivity index is 1.60. The van der Waals surface area contributed by atoms with Gasteiger partial charge in [0.25, 0.3) is 0 Å². The average Bonchev–Trinajstić information content (AvgIpc) is 3.02. The maximum Gasteiger partial charge on any atom is 0.0386 e. The molecule has 1 N–H and O–H groups in total. The molecule has 0 bridgehead atoms. The normalized spacial score (nSPS) is 22.5. The van der Waals surface area contributed by atoms with E-state index in [0.717, 1.165) is 5.92 Å². The van der Waals surface area contributed by atoms with Crippen LogP contribution in [-0.2, 0) is 0 Å². The van der Waals surface area contributed by atoms with E-state index in [4.69, 9.17) is 0 Å². The maximum atomic E-state index is 3.75. The molecule has 0 radical (unpaired) electrons. The Bertz CT molecular complexity index is 446.